The topological polar surface area (TPSA) is 38.5 Å². The second-order valence-corrected chi connectivity index (χ2v) is 5.42. The molecule has 110 valence electrons. The van der Waals surface area contributed by atoms with Crippen molar-refractivity contribution in [3.05, 3.63) is 53.6 Å². The van der Waals surface area contributed by atoms with Crippen LogP contribution in [-0.4, -0.2) is 13.2 Å². The minimum Gasteiger partial charge on any atom is -0.492 e. The van der Waals surface area contributed by atoms with Crippen LogP contribution in [0.1, 0.15) is 24.5 Å². The van der Waals surface area contributed by atoms with Gasteiger partial charge < -0.3 is 15.4 Å². The van der Waals surface area contributed by atoms with Crippen molar-refractivity contribution in [3.8, 4) is 5.75 Å². The van der Waals surface area contributed by atoms with Crippen molar-refractivity contribution < 1.29 is 4.74 Å². The van der Waals surface area contributed by atoms with Crippen LogP contribution in [0.3, 0.4) is 0 Å². The maximum Gasteiger partial charge on any atom is 0.144 e. The molecule has 3 rings (SSSR count). The average Bonchev–Trinajstić information content (AvgIpc) is 2.72. The fourth-order valence-corrected chi connectivity index (χ4v) is 3.00. The van der Waals surface area contributed by atoms with Gasteiger partial charge in [0.2, 0.25) is 0 Å². The molecule has 21 heavy (non-hydrogen) atoms. The summed E-state index contributed by atoms with van der Waals surface area (Å²) in [4.78, 5) is 2.36. The Hall–Kier alpha value is -2.16. The van der Waals surface area contributed by atoms with E-state index < -0.39 is 0 Å². The number of anilines is 2. The zero-order chi connectivity index (χ0) is 14.7. The molecule has 2 aromatic carbocycles. The van der Waals surface area contributed by atoms with Gasteiger partial charge in [0.1, 0.15) is 5.75 Å². The van der Waals surface area contributed by atoms with Crippen molar-refractivity contribution in [1.29, 1.82) is 0 Å². The molecule has 2 aromatic rings. The number of aryl methyl sites for hydroxylation is 1. The van der Waals surface area contributed by atoms with Crippen LogP contribution in [0.25, 0.3) is 0 Å². The zero-order valence-electron chi connectivity index (χ0n) is 12.5. The van der Waals surface area contributed by atoms with Crippen LogP contribution in [0.4, 0.5) is 11.4 Å². The first-order valence-corrected chi connectivity index (χ1v) is 7.62. The number of nitrogens with zero attached hydrogens (tertiary/aromatic N) is 1. The molecular weight excluding hydrogens is 260 g/mol. The normalized spacial score (nSPS) is 14.4. The Morgan fingerprint density at radius 2 is 1.90 bits per heavy atom. The van der Waals surface area contributed by atoms with E-state index in [9.17, 15) is 0 Å². The molecule has 0 saturated carbocycles. The monoisotopic (exact) mass is 282 g/mol. The third-order valence-electron chi connectivity index (χ3n) is 4.04. The lowest BCUT2D eigenvalue weighted by molar-refractivity contribution is 0.342. The summed E-state index contributed by atoms with van der Waals surface area (Å²) in [6.45, 7) is 4.55. The number of ether oxygens (including phenoxy) is 1. The molecule has 0 fully saturated rings. The van der Waals surface area contributed by atoms with E-state index in [0.717, 1.165) is 43.1 Å². The quantitative estimate of drug-likeness (QED) is 0.874. The standard InChI is InChI=1S/C18H22N2O/c1-2-21-17-11-5-10-16(18(17)19)20-12-6-9-14-7-3-4-8-15(14)13-20/h3-5,7-8,10-11H,2,6,9,12-13,19H2,1H3. The summed E-state index contributed by atoms with van der Waals surface area (Å²) in [6.07, 6.45) is 2.28. The Morgan fingerprint density at radius 3 is 2.71 bits per heavy atom. The van der Waals surface area contributed by atoms with Gasteiger partial charge in [-0.3, -0.25) is 0 Å². The van der Waals surface area contributed by atoms with Crippen molar-refractivity contribution in [3.63, 3.8) is 0 Å². The smallest absolute Gasteiger partial charge is 0.144 e. The molecule has 0 unspecified atom stereocenters. The van der Waals surface area contributed by atoms with Gasteiger partial charge in [-0.15, -0.1) is 0 Å². The summed E-state index contributed by atoms with van der Waals surface area (Å²) in [5.41, 5.74) is 11.0. The predicted molar refractivity (Wildman–Crippen MR) is 87.8 cm³/mol. The van der Waals surface area contributed by atoms with E-state index in [-0.39, 0.29) is 0 Å². The van der Waals surface area contributed by atoms with Crippen molar-refractivity contribution in [2.45, 2.75) is 26.3 Å². The number of rotatable bonds is 3. The summed E-state index contributed by atoms with van der Waals surface area (Å²) in [6, 6.07) is 14.7. The van der Waals surface area contributed by atoms with Gasteiger partial charge in [-0.05, 0) is 43.0 Å². The largest absolute Gasteiger partial charge is 0.492 e. The van der Waals surface area contributed by atoms with Crippen molar-refractivity contribution >= 4 is 11.4 Å². The van der Waals surface area contributed by atoms with E-state index in [1.807, 2.05) is 19.1 Å². The van der Waals surface area contributed by atoms with E-state index in [4.69, 9.17) is 10.5 Å². The number of hydrogen-bond donors (Lipinski definition) is 1. The van der Waals surface area contributed by atoms with Crippen LogP contribution in [0.2, 0.25) is 0 Å². The summed E-state index contributed by atoms with van der Waals surface area (Å²) in [5, 5.41) is 0. The predicted octanol–water partition coefficient (Wildman–Crippen LogP) is 3.62. The van der Waals surface area contributed by atoms with Gasteiger partial charge in [0.15, 0.2) is 0 Å². The Bertz CT molecular complexity index is 624. The van der Waals surface area contributed by atoms with E-state index in [1.54, 1.807) is 0 Å². The highest BCUT2D eigenvalue weighted by molar-refractivity contribution is 5.74. The van der Waals surface area contributed by atoms with Gasteiger partial charge >= 0.3 is 0 Å². The molecule has 0 radical (unpaired) electrons. The first kappa shape index (κ1) is 13.8. The highest BCUT2D eigenvalue weighted by atomic mass is 16.5. The molecule has 1 heterocycles. The average molecular weight is 282 g/mol. The molecule has 2 N–H and O–H groups in total. The highest BCUT2D eigenvalue weighted by Crippen LogP contribution is 2.34. The molecule has 0 saturated heterocycles. The van der Waals surface area contributed by atoms with Crippen LogP contribution in [-0.2, 0) is 13.0 Å². The van der Waals surface area contributed by atoms with Crippen LogP contribution in [0, 0.1) is 0 Å². The molecule has 3 heteroatoms. The number of nitrogens with two attached hydrogens (primary N) is 1. The number of hydrogen-bond acceptors (Lipinski definition) is 3. The van der Waals surface area contributed by atoms with Gasteiger partial charge in [-0.2, -0.15) is 0 Å². The summed E-state index contributed by atoms with van der Waals surface area (Å²) in [7, 11) is 0. The third-order valence-corrected chi connectivity index (χ3v) is 4.04. The van der Waals surface area contributed by atoms with Crippen LogP contribution in [0.5, 0.6) is 5.75 Å². The van der Waals surface area contributed by atoms with Crippen LogP contribution >= 0.6 is 0 Å². The molecule has 0 atom stereocenters. The molecule has 0 bridgehead atoms. The first-order chi connectivity index (χ1) is 10.3. The Morgan fingerprint density at radius 1 is 1.10 bits per heavy atom. The lowest BCUT2D eigenvalue weighted by Gasteiger charge is -2.25. The lowest BCUT2D eigenvalue weighted by Crippen LogP contribution is -2.23. The Balaban J connectivity index is 1.92. The molecule has 0 spiro atoms. The van der Waals surface area contributed by atoms with Crippen LogP contribution < -0.4 is 15.4 Å². The molecule has 0 aromatic heterocycles. The van der Waals surface area contributed by atoms with E-state index in [1.165, 1.54) is 11.1 Å². The molecule has 1 aliphatic heterocycles. The minimum atomic E-state index is 0.635. The minimum absolute atomic E-state index is 0.635. The molecule has 0 amide bonds. The second-order valence-electron chi connectivity index (χ2n) is 5.42. The number of nitrogen functional groups attached to an aromatic ring is 1. The van der Waals surface area contributed by atoms with Gasteiger partial charge in [0.05, 0.1) is 18.0 Å². The Labute approximate surface area is 126 Å². The SMILES string of the molecule is CCOc1cccc(N2CCCc3ccccc3C2)c1N. The molecule has 1 aliphatic rings. The highest BCUT2D eigenvalue weighted by Gasteiger charge is 2.17. The fraction of sp³-hybridized carbons (Fsp3) is 0.333. The summed E-state index contributed by atoms with van der Waals surface area (Å²) in [5.74, 6) is 0.785. The van der Waals surface area contributed by atoms with Gasteiger partial charge in [0.25, 0.3) is 0 Å². The number of fused-ring (bicyclic) bond motifs is 1. The summed E-state index contributed by atoms with van der Waals surface area (Å²) >= 11 is 0. The van der Waals surface area contributed by atoms with Crippen molar-refractivity contribution in [2.24, 2.45) is 0 Å². The first-order valence-electron chi connectivity index (χ1n) is 7.62. The van der Waals surface area contributed by atoms with E-state index in [2.05, 4.69) is 35.2 Å². The molecular formula is C18H22N2O. The van der Waals surface area contributed by atoms with E-state index in [0.29, 0.717) is 6.61 Å². The van der Waals surface area contributed by atoms with Gasteiger partial charge in [-0.1, -0.05) is 30.3 Å². The van der Waals surface area contributed by atoms with Gasteiger partial charge in [0, 0.05) is 13.1 Å². The fourth-order valence-electron chi connectivity index (χ4n) is 3.00. The Kier molecular flexibility index (Phi) is 4.00. The molecule has 0 aliphatic carbocycles. The third kappa shape index (κ3) is 2.82. The number of para-hydroxylation sites is 1. The lowest BCUT2D eigenvalue weighted by atomic mass is 10.0. The maximum absolute atomic E-state index is 6.30. The van der Waals surface area contributed by atoms with Gasteiger partial charge in [-0.25, -0.2) is 0 Å². The molecule has 3 nitrogen and oxygen atoms in total. The number of benzene rings is 2. The van der Waals surface area contributed by atoms with E-state index >= 15 is 0 Å². The van der Waals surface area contributed by atoms with Crippen LogP contribution in [0.15, 0.2) is 42.5 Å². The summed E-state index contributed by atoms with van der Waals surface area (Å²) < 4.78 is 5.62. The van der Waals surface area contributed by atoms with Crippen molar-refractivity contribution in [2.75, 3.05) is 23.8 Å². The second kappa shape index (κ2) is 6.08. The zero-order valence-corrected chi connectivity index (χ0v) is 12.5. The van der Waals surface area contributed by atoms with Crippen molar-refractivity contribution in [1.82, 2.24) is 0 Å². The maximum atomic E-state index is 6.30.